The van der Waals surface area contributed by atoms with Crippen LogP contribution in [0.1, 0.15) is 13.3 Å². The summed E-state index contributed by atoms with van der Waals surface area (Å²) in [4.78, 5) is 0. The predicted molar refractivity (Wildman–Crippen MR) is 40.0 cm³/mol. The highest BCUT2D eigenvalue weighted by Crippen LogP contribution is 2.11. The van der Waals surface area contributed by atoms with Crippen LogP contribution in [-0.4, -0.2) is 32.5 Å². The van der Waals surface area contributed by atoms with E-state index in [0.29, 0.717) is 13.2 Å². The maximum absolute atomic E-state index is 11.5. The first-order valence-corrected chi connectivity index (χ1v) is 3.91. The van der Waals surface area contributed by atoms with Crippen molar-refractivity contribution >= 4 is 0 Å². The molecule has 5 heteroatoms. The Morgan fingerprint density at radius 1 is 1.25 bits per heavy atom. The van der Waals surface area contributed by atoms with Crippen LogP contribution in [0.5, 0.6) is 0 Å². The van der Waals surface area contributed by atoms with E-state index in [9.17, 15) is 13.2 Å². The van der Waals surface area contributed by atoms with Gasteiger partial charge >= 0.3 is 6.18 Å². The van der Waals surface area contributed by atoms with Gasteiger partial charge < -0.3 is 10.1 Å². The van der Waals surface area contributed by atoms with Crippen LogP contribution >= 0.6 is 0 Å². The fourth-order valence-corrected chi connectivity index (χ4v) is 0.621. The van der Waals surface area contributed by atoms with Crippen LogP contribution in [0.3, 0.4) is 0 Å². The van der Waals surface area contributed by atoms with Gasteiger partial charge in [0.25, 0.3) is 0 Å². The van der Waals surface area contributed by atoms with Gasteiger partial charge in [-0.15, -0.1) is 0 Å². The molecule has 0 radical (unpaired) electrons. The highest BCUT2D eigenvalue weighted by atomic mass is 19.4. The van der Waals surface area contributed by atoms with E-state index < -0.39 is 12.7 Å². The van der Waals surface area contributed by atoms with E-state index in [1.165, 1.54) is 0 Å². The van der Waals surface area contributed by atoms with Crippen LogP contribution in [0.2, 0.25) is 0 Å². The standard InChI is InChI=1S/C7H14F3NO/c1-2-4-12-5-3-11-6-7(8,9)10/h11H,2-6H2,1H3. The third kappa shape index (κ3) is 9.71. The number of nitrogens with one attached hydrogen (secondary N) is 1. The number of hydrogen-bond acceptors (Lipinski definition) is 2. The quantitative estimate of drug-likeness (QED) is 0.634. The van der Waals surface area contributed by atoms with E-state index in [0.717, 1.165) is 6.42 Å². The summed E-state index contributed by atoms with van der Waals surface area (Å²) >= 11 is 0. The molecule has 0 heterocycles. The SMILES string of the molecule is CCCOCCNCC(F)(F)F. The van der Waals surface area contributed by atoms with Crippen molar-refractivity contribution in [1.29, 1.82) is 0 Å². The van der Waals surface area contributed by atoms with Crippen LogP contribution in [0.4, 0.5) is 13.2 Å². The van der Waals surface area contributed by atoms with Crippen molar-refractivity contribution in [3.63, 3.8) is 0 Å². The van der Waals surface area contributed by atoms with Crippen molar-refractivity contribution in [3.05, 3.63) is 0 Å². The Labute approximate surface area is 70.1 Å². The van der Waals surface area contributed by atoms with Crippen molar-refractivity contribution in [2.24, 2.45) is 0 Å². The lowest BCUT2D eigenvalue weighted by Crippen LogP contribution is -2.31. The summed E-state index contributed by atoms with van der Waals surface area (Å²) in [7, 11) is 0. The Morgan fingerprint density at radius 3 is 2.42 bits per heavy atom. The van der Waals surface area contributed by atoms with Gasteiger partial charge in [0, 0.05) is 13.2 Å². The summed E-state index contributed by atoms with van der Waals surface area (Å²) < 4.78 is 39.6. The van der Waals surface area contributed by atoms with Gasteiger partial charge in [0.2, 0.25) is 0 Å². The molecule has 0 aliphatic heterocycles. The maximum Gasteiger partial charge on any atom is 0.401 e. The van der Waals surface area contributed by atoms with Gasteiger partial charge in [0.1, 0.15) is 0 Å². The minimum atomic E-state index is -4.12. The van der Waals surface area contributed by atoms with Gasteiger partial charge in [-0.25, -0.2) is 0 Å². The molecule has 0 fully saturated rings. The summed E-state index contributed by atoms with van der Waals surface area (Å²) in [6.45, 7) is 2.20. The molecule has 0 unspecified atom stereocenters. The molecule has 2 nitrogen and oxygen atoms in total. The number of halogens is 3. The summed E-state index contributed by atoms with van der Waals surface area (Å²) in [6.07, 6.45) is -3.23. The average Bonchev–Trinajstić information content (AvgIpc) is 1.94. The van der Waals surface area contributed by atoms with Crippen molar-refractivity contribution in [2.45, 2.75) is 19.5 Å². The van der Waals surface area contributed by atoms with Crippen molar-refractivity contribution in [2.75, 3.05) is 26.3 Å². The lowest BCUT2D eigenvalue weighted by atomic mass is 10.5. The fraction of sp³-hybridized carbons (Fsp3) is 1.00. The molecule has 0 aromatic rings. The zero-order valence-corrected chi connectivity index (χ0v) is 7.08. The topological polar surface area (TPSA) is 21.3 Å². The normalized spacial score (nSPS) is 12.0. The molecule has 0 bridgehead atoms. The molecule has 0 aliphatic carbocycles. The Balaban J connectivity index is 3.01. The Hall–Kier alpha value is -0.290. The van der Waals surface area contributed by atoms with Gasteiger partial charge in [-0.1, -0.05) is 6.92 Å². The Morgan fingerprint density at radius 2 is 1.92 bits per heavy atom. The molecule has 0 saturated carbocycles. The smallest absolute Gasteiger partial charge is 0.380 e. The number of ether oxygens (including phenoxy) is 1. The van der Waals surface area contributed by atoms with E-state index in [2.05, 4.69) is 5.32 Å². The van der Waals surface area contributed by atoms with Crippen molar-refractivity contribution in [3.8, 4) is 0 Å². The summed E-state index contributed by atoms with van der Waals surface area (Å²) in [5.41, 5.74) is 0. The number of alkyl halides is 3. The second-order valence-electron chi connectivity index (χ2n) is 2.40. The third-order valence-corrected chi connectivity index (χ3v) is 1.10. The summed E-state index contributed by atoms with van der Waals surface area (Å²) in [6, 6.07) is 0. The van der Waals surface area contributed by atoms with E-state index in [4.69, 9.17) is 4.74 Å². The van der Waals surface area contributed by atoms with Gasteiger partial charge in [0.05, 0.1) is 13.2 Å². The fourth-order valence-electron chi connectivity index (χ4n) is 0.621. The van der Waals surface area contributed by atoms with Crippen LogP contribution in [-0.2, 0) is 4.74 Å². The van der Waals surface area contributed by atoms with Crippen molar-refractivity contribution < 1.29 is 17.9 Å². The number of hydrogen-bond donors (Lipinski definition) is 1. The monoisotopic (exact) mass is 185 g/mol. The molecule has 0 saturated heterocycles. The highest BCUT2D eigenvalue weighted by molar-refractivity contribution is 4.54. The first-order chi connectivity index (χ1) is 5.56. The molecule has 12 heavy (non-hydrogen) atoms. The van der Waals surface area contributed by atoms with Gasteiger partial charge in [-0.2, -0.15) is 13.2 Å². The van der Waals surface area contributed by atoms with Crippen molar-refractivity contribution in [1.82, 2.24) is 5.32 Å². The van der Waals surface area contributed by atoms with E-state index in [1.807, 2.05) is 6.92 Å². The minimum Gasteiger partial charge on any atom is -0.380 e. The minimum absolute atomic E-state index is 0.250. The van der Waals surface area contributed by atoms with E-state index >= 15 is 0 Å². The zero-order valence-electron chi connectivity index (χ0n) is 7.08. The lowest BCUT2D eigenvalue weighted by molar-refractivity contribution is -0.125. The van der Waals surface area contributed by atoms with E-state index in [-0.39, 0.29) is 6.54 Å². The van der Waals surface area contributed by atoms with Crippen LogP contribution in [0.15, 0.2) is 0 Å². The van der Waals surface area contributed by atoms with Gasteiger partial charge in [-0.05, 0) is 6.42 Å². The predicted octanol–water partition coefficient (Wildman–Crippen LogP) is 1.56. The van der Waals surface area contributed by atoms with Gasteiger partial charge in [-0.3, -0.25) is 0 Å². The molecule has 0 amide bonds. The van der Waals surface area contributed by atoms with Crippen LogP contribution in [0, 0.1) is 0 Å². The van der Waals surface area contributed by atoms with Gasteiger partial charge in [0.15, 0.2) is 0 Å². The molecular weight excluding hydrogens is 171 g/mol. The van der Waals surface area contributed by atoms with Crippen LogP contribution in [0.25, 0.3) is 0 Å². The largest absolute Gasteiger partial charge is 0.401 e. The number of rotatable bonds is 6. The second kappa shape index (κ2) is 6.25. The first kappa shape index (κ1) is 11.7. The second-order valence-corrected chi connectivity index (χ2v) is 2.40. The Kier molecular flexibility index (Phi) is 6.10. The molecule has 1 N–H and O–H groups in total. The lowest BCUT2D eigenvalue weighted by Gasteiger charge is -2.07. The molecule has 0 atom stereocenters. The molecule has 0 aromatic carbocycles. The molecule has 0 aromatic heterocycles. The first-order valence-electron chi connectivity index (χ1n) is 3.91. The summed E-state index contributed by atoms with van der Waals surface area (Å²) in [5.74, 6) is 0. The van der Waals surface area contributed by atoms with Crippen LogP contribution < -0.4 is 5.32 Å². The Bertz CT molecular complexity index is 105. The average molecular weight is 185 g/mol. The molecule has 74 valence electrons. The molecule has 0 spiro atoms. The van der Waals surface area contributed by atoms with E-state index in [1.54, 1.807) is 0 Å². The molecular formula is C7H14F3NO. The molecule has 0 aliphatic rings. The highest BCUT2D eigenvalue weighted by Gasteiger charge is 2.25. The summed E-state index contributed by atoms with van der Waals surface area (Å²) in [5, 5.41) is 2.23. The zero-order chi connectivity index (χ0) is 9.45. The molecule has 0 rings (SSSR count). The maximum atomic E-state index is 11.5. The third-order valence-electron chi connectivity index (χ3n) is 1.10.